The van der Waals surface area contributed by atoms with Crippen LogP contribution in [0.15, 0.2) is 11.6 Å². The van der Waals surface area contributed by atoms with Gasteiger partial charge in [-0.2, -0.15) is 0 Å². The van der Waals surface area contributed by atoms with Crippen LogP contribution in [0.25, 0.3) is 0 Å². The van der Waals surface area contributed by atoms with Crippen molar-refractivity contribution in [3.8, 4) is 0 Å². The molecule has 0 bridgehead atoms. The molecule has 0 spiro atoms. The highest BCUT2D eigenvalue weighted by Gasteiger charge is 2.69. The summed E-state index contributed by atoms with van der Waals surface area (Å²) >= 11 is 0. The van der Waals surface area contributed by atoms with Crippen molar-refractivity contribution in [3.63, 3.8) is 0 Å². The summed E-state index contributed by atoms with van der Waals surface area (Å²) in [6, 6.07) is 0. The summed E-state index contributed by atoms with van der Waals surface area (Å²) in [7, 11) is 0. The molecule has 1 heterocycles. The fraction of sp³-hybridized carbons (Fsp3) is 0.852. The average Bonchev–Trinajstić information content (AvgIpc) is 3.04. The minimum absolute atomic E-state index is 0.0363. The van der Waals surface area contributed by atoms with Crippen LogP contribution in [0.2, 0.25) is 0 Å². The van der Waals surface area contributed by atoms with Crippen molar-refractivity contribution in [2.75, 3.05) is 6.61 Å². The van der Waals surface area contributed by atoms with Gasteiger partial charge in [0, 0.05) is 23.8 Å². The van der Waals surface area contributed by atoms with Gasteiger partial charge in [0.25, 0.3) is 0 Å². The molecule has 172 valence electrons. The number of hydrogen-bond donors (Lipinski definition) is 0. The first kappa shape index (κ1) is 21.5. The topological polar surface area (TPSA) is 52.6 Å². The fourth-order valence-electron chi connectivity index (χ4n) is 9.87. The van der Waals surface area contributed by atoms with Crippen molar-refractivity contribution in [1.29, 1.82) is 0 Å². The van der Waals surface area contributed by atoms with Gasteiger partial charge in [-0.3, -0.25) is 4.79 Å². The van der Waals surface area contributed by atoms with Crippen LogP contribution in [0.3, 0.4) is 0 Å². The van der Waals surface area contributed by atoms with Gasteiger partial charge in [0.2, 0.25) is 0 Å². The summed E-state index contributed by atoms with van der Waals surface area (Å²) in [4.78, 5) is 24.7. The maximum Gasteiger partial charge on any atom is 0.334 e. The Morgan fingerprint density at radius 2 is 1.74 bits per heavy atom. The molecule has 0 N–H and O–H groups in total. The lowest BCUT2D eigenvalue weighted by molar-refractivity contribution is -0.240. The van der Waals surface area contributed by atoms with Gasteiger partial charge in [0.15, 0.2) is 0 Å². The van der Waals surface area contributed by atoms with E-state index < -0.39 is 0 Å². The monoisotopic (exact) mass is 428 g/mol. The first-order chi connectivity index (χ1) is 14.4. The third-order valence-electron chi connectivity index (χ3n) is 11.2. The van der Waals surface area contributed by atoms with Gasteiger partial charge < -0.3 is 9.47 Å². The van der Waals surface area contributed by atoms with Crippen molar-refractivity contribution in [2.24, 2.45) is 45.3 Å². The Bertz CT molecular complexity index is 842. The van der Waals surface area contributed by atoms with E-state index in [1.54, 1.807) is 0 Å². The van der Waals surface area contributed by atoms with E-state index in [1.165, 1.54) is 39.0 Å². The molecule has 4 nitrogen and oxygen atoms in total. The molecule has 0 aromatic carbocycles. The van der Waals surface area contributed by atoms with E-state index >= 15 is 0 Å². The molecule has 0 amide bonds. The fourth-order valence-corrected chi connectivity index (χ4v) is 9.87. The van der Waals surface area contributed by atoms with Gasteiger partial charge in [0.1, 0.15) is 6.10 Å². The molecular formula is C27H40O4. The zero-order chi connectivity index (χ0) is 22.4. The molecule has 5 aliphatic rings. The quantitative estimate of drug-likeness (QED) is 0.503. The van der Waals surface area contributed by atoms with Crippen LogP contribution >= 0.6 is 0 Å². The number of esters is 2. The summed E-state index contributed by atoms with van der Waals surface area (Å²) in [6.45, 7) is 14.3. The first-order valence-corrected chi connectivity index (χ1v) is 12.5. The molecule has 0 aromatic rings. The molecule has 4 fully saturated rings. The van der Waals surface area contributed by atoms with E-state index in [-0.39, 0.29) is 40.2 Å². The second-order valence-corrected chi connectivity index (χ2v) is 12.8. The third-order valence-corrected chi connectivity index (χ3v) is 11.2. The van der Waals surface area contributed by atoms with Crippen molar-refractivity contribution in [1.82, 2.24) is 0 Å². The first-order valence-electron chi connectivity index (χ1n) is 12.5. The Hall–Kier alpha value is -1.32. The van der Waals surface area contributed by atoms with Crippen LogP contribution in [0.4, 0.5) is 0 Å². The number of carbonyl (C=O) groups excluding carboxylic acids is 2. The highest BCUT2D eigenvalue weighted by atomic mass is 16.5. The van der Waals surface area contributed by atoms with Gasteiger partial charge in [-0.25, -0.2) is 4.79 Å². The zero-order valence-corrected chi connectivity index (χ0v) is 20.3. The van der Waals surface area contributed by atoms with Crippen LogP contribution in [-0.4, -0.2) is 24.6 Å². The standard InChI is InChI=1S/C27H40O4/c1-16(28)31-22-14-21-25(4)12-7-11-24(2,3)19(25)10-13-26(21,5)20-9-8-17-18(27(20,22)6)15-30-23(17)29/h8,18-22H,7,9-15H2,1-6H3/t18-,19-,20-,21+,22-,25-,26-,27+/m0/s1. The van der Waals surface area contributed by atoms with E-state index in [2.05, 4.69) is 40.7 Å². The summed E-state index contributed by atoms with van der Waals surface area (Å²) in [5.74, 6) is 1.33. The summed E-state index contributed by atoms with van der Waals surface area (Å²) in [6.07, 6.45) is 10.2. The molecular weight excluding hydrogens is 388 g/mol. The minimum atomic E-state index is -0.249. The Labute approximate surface area is 187 Å². The highest BCUT2D eigenvalue weighted by molar-refractivity contribution is 5.91. The van der Waals surface area contributed by atoms with E-state index in [0.29, 0.717) is 23.9 Å². The smallest absolute Gasteiger partial charge is 0.334 e. The van der Waals surface area contributed by atoms with E-state index in [4.69, 9.17) is 9.47 Å². The second-order valence-electron chi connectivity index (χ2n) is 12.8. The molecule has 4 aliphatic carbocycles. The van der Waals surface area contributed by atoms with Gasteiger partial charge >= 0.3 is 11.9 Å². The van der Waals surface area contributed by atoms with Gasteiger partial charge in [-0.05, 0) is 72.5 Å². The molecule has 0 unspecified atom stereocenters. The number of rotatable bonds is 1. The average molecular weight is 429 g/mol. The Balaban J connectivity index is 1.62. The summed E-state index contributed by atoms with van der Waals surface area (Å²) in [5.41, 5.74) is 1.42. The molecule has 5 rings (SSSR count). The maximum atomic E-state index is 12.4. The van der Waals surface area contributed by atoms with Crippen LogP contribution < -0.4 is 0 Å². The van der Waals surface area contributed by atoms with Crippen molar-refractivity contribution in [3.05, 3.63) is 11.6 Å². The van der Waals surface area contributed by atoms with E-state index in [9.17, 15) is 9.59 Å². The lowest BCUT2D eigenvalue weighted by Gasteiger charge is -2.70. The number of cyclic esters (lactones) is 1. The van der Waals surface area contributed by atoms with Crippen molar-refractivity contribution in [2.45, 2.75) is 92.6 Å². The summed E-state index contributed by atoms with van der Waals surface area (Å²) in [5, 5.41) is 0. The maximum absolute atomic E-state index is 12.4. The second kappa shape index (κ2) is 6.60. The predicted octanol–water partition coefficient (Wildman–Crippen LogP) is 5.70. The third kappa shape index (κ3) is 2.72. The molecule has 1 saturated heterocycles. The minimum Gasteiger partial charge on any atom is -0.462 e. The number of ether oxygens (including phenoxy) is 2. The molecule has 31 heavy (non-hydrogen) atoms. The number of fused-ring (bicyclic) bond motifs is 7. The van der Waals surface area contributed by atoms with Gasteiger partial charge in [-0.1, -0.05) is 47.1 Å². The van der Waals surface area contributed by atoms with Crippen LogP contribution in [-0.2, 0) is 19.1 Å². The van der Waals surface area contributed by atoms with E-state index in [1.807, 2.05) is 0 Å². The number of hydrogen-bond acceptors (Lipinski definition) is 4. The molecule has 0 aromatic heterocycles. The Morgan fingerprint density at radius 1 is 1.03 bits per heavy atom. The summed E-state index contributed by atoms with van der Waals surface area (Å²) < 4.78 is 11.7. The van der Waals surface area contributed by atoms with E-state index in [0.717, 1.165) is 24.3 Å². The lowest BCUT2D eigenvalue weighted by atomic mass is 9.35. The normalized spacial score (nSPS) is 50.2. The largest absolute Gasteiger partial charge is 0.462 e. The zero-order valence-electron chi connectivity index (χ0n) is 20.3. The predicted molar refractivity (Wildman–Crippen MR) is 119 cm³/mol. The molecule has 1 aliphatic heterocycles. The Morgan fingerprint density at radius 3 is 2.45 bits per heavy atom. The van der Waals surface area contributed by atoms with Crippen LogP contribution in [0.1, 0.15) is 86.5 Å². The van der Waals surface area contributed by atoms with Crippen molar-refractivity contribution < 1.29 is 19.1 Å². The molecule has 4 heteroatoms. The Kier molecular flexibility index (Phi) is 4.59. The van der Waals surface area contributed by atoms with Crippen molar-refractivity contribution >= 4 is 11.9 Å². The number of allylic oxidation sites excluding steroid dienone is 1. The highest BCUT2D eigenvalue weighted by Crippen LogP contribution is 2.73. The molecule has 0 radical (unpaired) electrons. The van der Waals surface area contributed by atoms with Gasteiger partial charge in [0.05, 0.1) is 6.61 Å². The molecule has 8 atom stereocenters. The van der Waals surface area contributed by atoms with Crippen LogP contribution in [0.5, 0.6) is 0 Å². The SMILES string of the molecule is CC(=O)O[C@H]1C[C@@H]2[C@@]3(C)CCCC(C)(C)[C@@H]3CC[C@@]2(C)[C@@H]2CC=C3C(=O)OC[C@@H]3[C@@]12C. The van der Waals surface area contributed by atoms with Crippen LogP contribution in [0, 0.1) is 45.3 Å². The molecule has 3 saturated carbocycles. The number of carbonyl (C=O) groups is 2. The van der Waals surface area contributed by atoms with Gasteiger partial charge in [-0.15, -0.1) is 0 Å². The lowest BCUT2D eigenvalue weighted by Crippen LogP contribution is -2.66.